The summed E-state index contributed by atoms with van der Waals surface area (Å²) in [6, 6.07) is 8.20. The molecule has 14 heavy (non-hydrogen) atoms. The third-order valence-electron chi connectivity index (χ3n) is 1.97. The highest BCUT2D eigenvalue weighted by Crippen LogP contribution is 2.15. The molecule has 2 nitrogen and oxygen atoms in total. The van der Waals surface area contributed by atoms with Gasteiger partial charge in [0.25, 0.3) is 0 Å². The number of hydrogen-bond acceptors (Lipinski definition) is 1. The molecule has 1 N–H and O–H groups in total. The van der Waals surface area contributed by atoms with Crippen molar-refractivity contribution in [1.29, 1.82) is 0 Å². The highest BCUT2D eigenvalue weighted by Gasteiger charge is 2.17. The standard InChI is InChI=1S/C11H16O2Si/c1-14(2,3)8-9-6-4-5-7-10(9)11(12)13/h4-7H,8H2,1-3H3,(H,12,13). The lowest BCUT2D eigenvalue weighted by molar-refractivity contribution is 0.0696. The largest absolute Gasteiger partial charge is 0.478 e. The monoisotopic (exact) mass is 208 g/mol. The predicted octanol–water partition coefficient (Wildman–Crippen LogP) is 2.80. The Labute approximate surface area is 85.6 Å². The van der Waals surface area contributed by atoms with Gasteiger partial charge in [0.05, 0.1) is 5.56 Å². The van der Waals surface area contributed by atoms with E-state index in [0.717, 1.165) is 11.6 Å². The van der Waals surface area contributed by atoms with E-state index in [1.54, 1.807) is 12.1 Å². The van der Waals surface area contributed by atoms with Gasteiger partial charge < -0.3 is 5.11 Å². The van der Waals surface area contributed by atoms with Gasteiger partial charge in [-0.25, -0.2) is 4.79 Å². The van der Waals surface area contributed by atoms with Gasteiger partial charge in [-0.05, 0) is 17.7 Å². The molecular weight excluding hydrogens is 192 g/mol. The number of rotatable bonds is 3. The lowest BCUT2D eigenvalue weighted by atomic mass is 10.1. The van der Waals surface area contributed by atoms with E-state index in [0.29, 0.717) is 5.56 Å². The van der Waals surface area contributed by atoms with Gasteiger partial charge in [-0.1, -0.05) is 37.8 Å². The van der Waals surface area contributed by atoms with Crippen LogP contribution in [0.1, 0.15) is 15.9 Å². The summed E-state index contributed by atoms with van der Waals surface area (Å²) in [5, 5.41) is 8.98. The second-order valence-corrected chi connectivity index (χ2v) is 10.2. The van der Waals surface area contributed by atoms with Crippen molar-refractivity contribution in [3.63, 3.8) is 0 Å². The first-order valence-electron chi connectivity index (χ1n) is 4.71. The van der Waals surface area contributed by atoms with Crippen LogP contribution in [0.5, 0.6) is 0 Å². The van der Waals surface area contributed by atoms with Gasteiger partial charge >= 0.3 is 5.97 Å². The Bertz CT molecular complexity index is 339. The number of hydrogen-bond donors (Lipinski definition) is 1. The second-order valence-electron chi connectivity index (χ2n) is 4.70. The molecule has 0 heterocycles. The van der Waals surface area contributed by atoms with E-state index in [4.69, 9.17) is 5.11 Å². The van der Waals surface area contributed by atoms with Crippen LogP contribution < -0.4 is 0 Å². The molecule has 1 rings (SSSR count). The zero-order valence-corrected chi connectivity index (χ0v) is 9.87. The van der Waals surface area contributed by atoms with Crippen LogP contribution in [0.3, 0.4) is 0 Å². The minimum atomic E-state index is -1.24. The Morgan fingerprint density at radius 3 is 2.36 bits per heavy atom. The van der Waals surface area contributed by atoms with Gasteiger partial charge in [0.15, 0.2) is 0 Å². The molecular formula is C11H16O2Si. The molecule has 0 saturated carbocycles. The minimum absolute atomic E-state index is 0.454. The maximum absolute atomic E-state index is 10.9. The summed E-state index contributed by atoms with van der Waals surface area (Å²) in [7, 11) is -1.24. The first-order valence-corrected chi connectivity index (χ1v) is 8.42. The van der Waals surface area contributed by atoms with Gasteiger partial charge in [-0.3, -0.25) is 0 Å². The fourth-order valence-corrected chi connectivity index (χ4v) is 2.91. The lowest BCUT2D eigenvalue weighted by Crippen LogP contribution is -2.25. The van der Waals surface area contributed by atoms with Crippen LogP contribution in [0, 0.1) is 0 Å². The van der Waals surface area contributed by atoms with E-state index >= 15 is 0 Å². The van der Waals surface area contributed by atoms with Gasteiger partial charge in [0, 0.05) is 8.07 Å². The number of aromatic carboxylic acids is 1. The Kier molecular flexibility index (Phi) is 3.11. The van der Waals surface area contributed by atoms with E-state index in [2.05, 4.69) is 19.6 Å². The van der Waals surface area contributed by atoms with E-state index in [1.165, 1.54) is 0 Å². The SMILES string of the molecule is C[Si](C)(C)Cc1ccccc1C(=O)O. The van der Waals surface area contributed by atoms with Crippen LogP contribution in [0.15, 0.2) is 24.3 Å². The molecule has 1 aromatic carbocycles. The Balaban J connectivity index is 3.02. The molecule has 0 aliphatic rings. The van der Waals surface area contributed by atoms with Gasteiger partial charge in [-0.15, -0.1) is 0 Å². The van der Waals surface area contributed by atoms with E-state index in [9.17, 15) is 4.79 Å². The quantitative estimate of drug-likeness (QED) is 0.776. The van der Waals surface area contributed by atoms with Crippen molar-refractivity contribution in [2.75, 3.05) is 0 Å². The first-order chi connectivity index (χ1) is 6.40. The van der Waals surface area contributed by atoms with Gasteiger partial charge in [-0.2, -0.15) is 0 Å². The Hall–Kier alpha value is -1.09. The Morgan fingerprint density at radius 2 is 1.86 bits per heavy atom. The van der Waals surface area contributed by atoms with E-state index in [-0.39, 0.29) is 0 Å². The average Bonchev–Trinajstić information content (AvgIpc) is 2.01. The van der Waals surface area contributed by atoms with Crippen LogP contribution in [0.25, 0.3) is 0 Å². The third kappa shape index (κ3) is 2.99. The summed E-state index contributed by atoms with van der Waals surface area (Å²) in [5.41, 5.74) is 1.43. The maximum Gasteiger partial charge on any atom is 0.335 e. The second kappa shape index (κ2) is 3.96. The first kappa shape index (κ1) is 11.0. The van der Waals surface area contributed by atoms with Crippen molar-refractivity contribution in [3.8, 4) is 0 Å². The van der Waals surface area contributed by atoms with Crippen molar-refractivity contribution < 1.29 is 9.90 Å². The molecule has 0 saturated heterocycles. The van der Waals surface area contributed by atoms with Gasteiger partial charge in [0.2, 0.25) is 0 Å². The molecule has 0 fully saturated rings. The summed E-state index contributed by atoms with van der Waals surface area (Å²) in [5.74, 6) is -0.821. The number of carbonyl (C=O) groups is 1. The minimum Gasteiger partial charge on any atom is -0.478 e. The zero-order chi connectivity index (χ0) is 10.8. The zero-order valence-electron chi connectivity index (χ0n) is 8.87. The molecule has 0 atom stereocenters. The number of carboxylic acids is 1. The predicted molar refractivity (Wildman–Crippen MR) is 60.5 cm³/mol. The number of carboxylic acid groups (broad SMARTS) is 1. The highest BCUT2D eigenvalue weighted by molar-refractivity contribution is 6.75. The highest BCUT2D eigenvalue weighted by atomic mass is 28.3. The van der Waals surface area contributed by atoms with Gasteiger partial charge in [0.1, 0.15) is 0 Å². The normalized spacial score (nSPS) is 11.4. The molecule has 0 aliphatic carbocycles. The smallest absolute Gasteiger partial charge is 0.335 e. The molecule has 3 heteroatoms. The van der Waals surface area contributed by atoms with Crippen LogP contribution in [-0.2, 0) is 6.04 Å². The molecule has 0 spiro atoms. The van der Waals surface area contributed by atoms with E-state index in [1.807, 2.05) is 12.1 Å². The molecule has 0 bridgehead atoms. The lowest BCUT2D eigenvalue weighted by Gasteiger charge is -2.16. The maximum atomic E-state index is 10.9. The summed E-state index contributed by atoms with van der Waals surface area (Å²) in [6.07, 6.45) is 0. The molecule has 0 aliphatic heterocycles. The molecule has 0 aromatic heterocycles. The Morgan fingerprint density at radius 1 is 1.29 bits per heavy atom. The van der Waals surface area contributed by atoms with E-state index < -0.39 is 14.0 Å². The fraction of sp³-hybridized carbons (Fsp3) is 0.364. The molecule has 0 unspecified atom stereocenters. The molecule has 1 aromatic rings. The molecule has 76 valence electrons. The molecule has 0 amide bonds. The van der Waals surface area contributed by atoms with Crippen LogP contribution in [0.2, 0.25) is 19.6 Å². The van der Waals surface area contributed by atoms with Crippen molar-refractivity contribution in [1.82, 2.24) is 0 Å². The molecule has 0 radical (unpaired) electrons. The topological polar surface area (TPSA) is 37.3 Å². The van der Waals surface area contributed by atoms with Crippen molar-refractivity contribution in [2.45, 2.75) is 25.7 Å². The van der Waals surface area contributed by atoms with Crippen LogP contribution in [-0.4, -0.2) is 19.1 Å². The number of benzene rings is 1. The fourth-order valence-electron chi connectivity index (χ4n) is 1.45. The average molecular weight is 208 g/mol. The third-order valence-corrected chi connectivity index (χ3v) is 3.41. The van der Waals surface area contributed by atoms with Crippen LogP contribution in [0.4, 0.5) is 0 Å². The summed E-state index contributed by atoms with van der Waals surface area (Å²) < 4.78 is 0. The van der Waals surface area contributed by atoms with Crippen molar-refractivity contribution in [2.24, 2.45) is 0 Å². The van der Waals surface area contributed by atoms with Crippen molar-refractivity contribution >= 4 is 14.0 Å². The van der Waals surface area contributed by atoms with Crippen molar-refractivity contribution in [3.05, 3.63) is 35.4 Å². The summed E-state index contributed by atoms with van der Waals surface area (Å²) in [6.45, 7) is 6.73. The summed E-state index contributed by atoms with van der Waals surface area (Å²) >= 11 is 0. The summed E-state index contributed by atoms with van der Waals surface area (Å²) in [4.78, 5) is 10.9. The van der Waals surface area contributed by atoms with Crippen LogP contribution >= 0.6 is 0 Å².